The highest BCUT2D eigenvalue weighted by Crippen LogP contribution is 2.26. The number of piperidine rings is 1. The molecular formula is C18H18F2N2O3S. The van der Waals surface area contributed by atoms with E-state index in [9.17, 15) is 22.0 Å². The Hall–Kier alpha value is -2.32. The van der Waals surface area contributed by atoms with Gasteiger partial charge in [-0.15, -0.1) is 0 Å². The quantitative estimate of drug-likeness (QED) is 0.887. The van der Waals surface area contributed by atoms with Crippen molar-refractivity contribution in [2.75, 3.05) is 18.4 Å². The number of anilines is 1. The van der Waals surface area contributed by atoms with Gasteiger partial charge in [-0.2, -0.15) is 4.31 Å². The predicted molar refractivity (Wildman–Crippen MR) is 92.9 cm³/mol. The summed E-state index contributed by atoms with van der Waals surface area (Å²) >= 11 is 0. The Morgan fingerprint density at radius 1 is 1.00 bits per heavy atom. The van der Waals surface area contributed by atoms with Crippen LogP contribution in [0.4, 0.5) is 14.5 Å². The number of hydrogen-bond acceptors (Lipinski definition) is 3. The van der Waals surface area contributed by atoms with Gasteiger partial charge in [-0.25, -0.2) is 17.2 Å². The molecule has 0 aromatic heterocycles. The third-order valence-corrected chi connectivity index (χ3v) is 6.32. The SMILES string of the molecule is O=C(Nc1ccc(F)cc1)C1CCN(S(=O)(=O)c2ccccc2F)CC1. The van der Waals surface area contributed by atoms with Crippen LogP contribution in [0.25, 0.3) is 0 Å². The lowest BCUT2D eigenvalue weighted by Crippen LogP contribution is -2.41. The molecule has 1 aliphatic rings. The second kappa shape index (κ2) is 7.51. The van der Waals surface area contributed by atoms with Crippen LogP contribution in [-0.2, 0) is 14.8 Å². The topological polar surface area (TPSA) is 66.5 Å². The van der Waals surface area contributed by atoms with Crippen LogP contribution < -0.4 is 5.32 Å². The van der Waals surface area contributed by atoms with Crippen LogP contribution in [0, 0.1) is 17.6 Å². The first-order valence-corrected chi connectivity index (χ1v) is 9.63. The molecule has 2 aromatic carbocycles. The highest BCUT2D eigenvalue weighted by atomic mass is 32.2. The molecule has 1 saturated heterocycles. The maximum absolute atomic E-state index is 13.8. The van der Waals surface area contributed by atoms with Gasteiger partial charge in [0.15, 0.2) is 0 Å². The summed E-state index contributed by atoms with van der Waals surface area (Å²) in [7, 11) is -3.92. The maximum atomic E-state index is 13.8. The molecule has 1 fully saturated rings. The number of hydrogen-bond donors (Lipinski definition) is 1. The average molecular weight is 380 g/mol. The van der Waals surface area contributed by atoms with Crippen LogP contribution >= 0.6 is 0 Å². The Morgan fingerprint density at radius 2 is 1.62 bits per heavy atom. The summed E-state index contributed by atoms with van der Waals surface area (Å²) in [6.45, 7) is 0.274. The van der Waals surface area contributed by atoms with E-state index in [0.29, 0.717) is 18.5 Å². The fourth-order valence-electron chi connectivity index (χ4n) is 2.93. The standard InChI is InChI=1S/C18H18F2N2O3S/c19-14-5-7-15(8-6-14)21-18(23)13-9-11-22(12-10-13)26(24,25)17-4-2-1-3-16(17)20/h1-8,13H,9-12H2,(H,21,23). The Morgan fingerprint density at radius 3 is 2.23 bits per heavy atom. The Bertz CT molecular complexity index is 893. The van der Waals surface area contributed by atoms with Crippen LogP contribution in [0.5, 0.6) is 0 Å². The summed E-state index contributed by atoms with van der Waals surface area (Å²) in [6, 6.07) is 10.7. The summed E-state index contributed by atoms with van der Waals surface area (Å²) in [5.74, 6) is -1.77. The maximum Gasteiger partial charge on any atom is 0.245 e. The zero-order valence-electron chi connectivity index (χ0n) is 13.9. The first-order chi connectivity index (χ1) is 12.4. The highest BCUT2D eigenvalue weighted by molar-refractivity contribution is 7.89. The zero-order chi connectivity index (χ0) is 18.7. The fourth-order valence-corrected chi connectivity index (χ4v) is 4.46. The smallest absolute Gasteiger partial charge is 0.245 e. The summed E-state index contributed by atoms with van der Waals surface area (Å²) < 4.78 is 53.0. The summed E-state index contributed by atoms with van der Waals surface area (Å²) in [5.41, 5.74) is 0.484. The molecule has 26 heavy (non-hydrogen) atoms. The Kier molecular flexibility index (Phi) is 5.33. The van der Waals surface area contributed by atoms with Crippen molar-refractivity contribution < 1.29 is 22.0 Å². The van der Waals surface area contributed by atoms with E-state index in [-0.39, 0.29) is 29.8 Å². The van der Waals surface area contributed by atoms with Gasteiger partial charge in [-0.05, 0) is 49.2 Å². The number of rotatable bonds is 4. The molecule has 138 valence electrons. The predicted octanol–water partition coefficient (Wildman–Crippen LogP) is 3.00. The van der Waals surface area contributed by atoms with Crippen molar-refractivity contribution in [2.45, 2.75) is 17.7 Å². The number of benzene rings is 2. The number of carbonyl (C=O) groups is 1. The normalized spacial score (nSPS) is 16.4. The van der Waals surface area contributed by atoms with E-state index in [4.69, 9.17) is 0 Å². The third-order valence-electron chi connectivity index (χ3n) is 4.39. The van der Waals surface area contributed by atoms with Gasteiger partial charge >= 0.3 is 0 Å². The van der Waals surface area contributed by atoms with Gasteiger partial charge in [0.2, 0.25) is 15.9 Å². The minimum Gasteiger partial charge on any atom is -0.326 e. The number of carbonyl (C=O) groups excluding carboxylic acids is 1. The third kappa shape index (κ3) is 3.91. The molecule has 1 N–H and O–H groups in total. The molecule has 0 unspecified atom stereocenters. The van der Waals surface area contributed by atoms with E-state index >= 15 is 0 Å². The molecule has 0 saturated carbocycles. The molecule has 8 heteroatoms. The van der Waals surface area contributed by atoms with Gasteiger partial charge in [-0.3, -0.25) is 4.79 Å². The van der Waals surface area contributed by atoms with Gasteiger partial charge < -0.3 is 5.32 Å². The highest BCUT2D eigenvalue weighted by Gasteiger charge is 2.33. The van der Waals surface area contributed by atoms with E-state index < -0.39 is 21.7 Å². The number of amides is 1. The Balaban J connectivity index is 1.62. The first kappa shape index (κ1) is 18.5. The van der Waals surface area contributed by atoms with Gasteiger partial charge in [-0.1, -0.05) is 12.1 Å². The molecule has 0 atom stereocenters. The molecule has 1 aliphatic heterocycles. The average Bonchev–Trinajstić information content (AvgIpc) is 2.64. The van der Waals surface area contributed by atoms with Crippen molar-refractivity contribution in [3.8, 4) is 0 Å². The minimum absolute atomic E-state index is 0.137. The number of halogens is 2. The monoisotopic (exact) mass is 380 g/mol. The van der Waals surface area contributed by atoms with Crippen molar-refractivity contribution >= 4 is 21.6 Å². The largest absolute Gasteiger partial charge is 0.326 e. The lowest BCUT2D eigenvalue weighted by molar-refractivity contribution is -0.120. The molecule has 2 aromatic rings. The van der Waals surface area contributed by atoms with Gasteiger partial charge in [0.05, 0.1) is 0 Å². The lowest BCUT2D eigenvalue weighted by Gasteiger charge is -2.30. The van der Waals surface area contributed by atoms with E-state index in [1.165, 1.54) is 46.8 Å². The molecular weight excluding hydrogens is 362 g/mol. The second-order valence-electron chi connectivity index (χ2n) is 6.10. The van der Waals surface area contributed by atoms with E-state index in [1.807, 2.05) is 0 Å². The molecule has 0 bridgehead atoms. The van der Waals surface area contributed by atoms with Crippen molar-refractivity contribution in [3.63, 3.8) is 0 Å². The molecule has 0 radical (unpaired) electrons. The van der Waals surface area contributed by atoms with Gasteiger partial charge in [0, 0.05) is 24.7 Å². The van der Waals surface area contributed by atoms with Gasteiger partial charge in [0.1, 0.15) is 16.5 Å². The number of sulfonamides is 1. The molecule has 0 aliphatic carbocycles. The Labute approximate surface area is 150 Å². The number of nitrogens with one attached hydrogen (secondary N) is 1. The molecule has 0 spiro atoms. The van der Waals surface area contributed by atoms with Crippen LogP contribution in [0.1, 0.15) is 12.8 Å². The van der Waals surface area contributed by atoms with E-state index in [2.05, 4.69) is 5.32 Å². The van der Waals surface area contributed by atoms with Crippen LogP contribution in [-0.4, -0.2) is 31.7 Å². The molecule has 1 amide bonds. The van der Waals surface area contributed by atoms with Crippen molar-refractivity contribution in [2.24, 2.45) is 5.92 Å². The molecule has 1 heterocycles. The van der Waals surface area contributed by atoms with Crippen LogP contribution in [0.3, 0.4) is 0 Å². The van der Waals surface area contributed by atoms with Crippen molar-refractivity contribution in [3.05, 3.63) is 60.2 Å². The summed E-state index contributed by atoms with van der Waals surface area (Å²) in [6.07, 6.45) is 0.668. The van der Waals surface area contributed by atoms with Gasteiger partial charge in [0.25, 0.3) is 0 Å². The van der Waals surface area contributed by atoms with Crippen LogP contribution in [0.2, 0.25) is 0 Å². The summed E-state index contributed by atoms with van der Waals surface area (Å²) in [5, 5.41) is 2.70. The van der Waals surface area contributed by atoms with Crippen LogP contribution in [0.15, 0.2) is 53.4 Å². The summed E-state index contributed by atoms with van der Waals surface area (Å²) in [4.78, 5) is 11.9. The zero-order valence-corrected chi connectivity index (χ0v) is 14.7. The van der Waals surface area contributed by atoms with Crippen molar-refractivity contribution in [1.82, 2.24) is 4.31 Å². The lowest BCUT2D eigenvalue weighted by atomic mass is 9.97. The second-order valence-corrected chi connectivity index (χ2v) is 8.01. The van der Waals surface area contributed by atoms with E-state index in [1.54, 1.807) is 0 Å². The molecule has 5 nitrogen and oxygen atoms in total. The van der Waals surface area contributed by atoms with E-state index in [0.717, 1.165) is 6.07 Å². The molecule has 3 rings (SSSR count). The first-order valence-electron chi connectivity index (χ1n) is 8.19. The minimum atomic E-state index is -3.92. The number of nitrogens with zero attached hydrogens (tertiary/aromatic N) is 1. The van der Waals surface area contributed by atoms with Crippen molar-refractivity contribution in [1.29, 1.82) is 0 Å². The fraction of sp³-hybridized carbons (Fsp3) is 0.278.